The molecule has 2 aromatic rings. The molecule has 2 rings (SSSR count). The van der Waals surface area contributed by atoms with Crippen LogP contribution in [0, 0.1) is 13.8 Å². The summed E-state index contributed by atoms with van der Waals surface area (Å²) in [5.74, 6) is 0. The second-order valence-corrected chi connectivity index (χ2v) is 7.99. The van der Waals surface area contributed by atoms with E-state index in [-0.39, 0.29) is 9.34 Å². The van der Waals surface area contributed by atoms with Gasteiger partial charge in [-0.25, -0.2) is 23.1 Å². The predicted molar refractivity (Wildman–Crippen MR) is 77.0 cm³/mol. The van der Waals surface area contributed by atoms with Crippen molar-refractivity contribution in [3.05, 3.63) is 21.8 Å². The fraction of sp³-hybridized carbons (Fsp3) is 0.400. The normalized spacial score (nSPS) is 11.9. The molecular weight excluding hydrogens is 304 g/mol. The first-order valence-electron chi connectivity index (χ1n) is 5.52. The minimum atomic E-state index is -3.53. The lowest BCUT2D eigenvalue weighted by atomic mass is 10.3. The first-order chi connectivity index (χ1) is 8.88. The minimum absolute atomic E-state index is 0.180. The molecule has 3 N–H and O–H groups in total. The Labute approximate surface area is 119 Å². The van der Waals surface area contributed by atoms with Crippen LogP contribution in [0.2, 0.25) is 0 Å². The van der Waals surface area contributed by atoms with E-state index in [0.29, 0.717) is 18.7 Å². The monoisotopic (exact) mass is 318 g/mol. The van der Waals surface area contributed by atoms with Gasteiger partial charge in [-0.3, -0.25) is 0 Å². The van der Waals surface area contributed by atoms with Crippen LogP contribution in [0.5, 0.6) is 0 Å². The van der Waals surface area contributed by atoms with Crippen molar-refractivity contribution in [2.45, 2.75) is 24.5 Å². The van der Waals surface area contributed by atoms with Crippen LogP contribution in [0.4, 0.5) is 5.13 Å². The molecule has 0 radical (unpaired) electrons. The highest BCUT2D eigenvalue weighted by Gasteiger charge is 2.20. The number of nitrogens with zero attached hydrogens (tertiary/aromatic N) is 2. The molecule has 19 heavy (non-hydrogen) atoms. The summed E-state index contributed by atoms with van der Waals surface area (Å²) in [6.45, 7) is 3.86. The van der Waals surface area contributed by atoms with E-state index in [2.05, 4.69) is 14.7 Å². The molecule has 2 aromatic heterocycles. The highest BCUT2D eigenvalue weighted by Crippen LogP contribution is 2.24. The SMILES string of the molecule is Cc1nc(CCNS(=O)(=O)c2sc(N)nc2C)cs1. The van der Waals surface area contributed by atoms with Gasteiger partial charge in [0.15, 0.2) is 9.34 Å². The average Bonchev–Trinajstić information content (AvgIpc) is 2.85. The molecule has 0 amide bonds. The van der Waals surface area contributed by atoms with Crippen LogP contribution >= 0.6 is 22.7 Å². The van der Waals surface area contributed by atoms with Crippen LogP contribution in [0.3, 0.4) is 0 Å². The van der Waals surface area contributed by atoms with E-state index in [1.807, 2.05) is 12.3 Å². The third kappa shape index (κ3) is 3.50. The van der Waals surface area contributed by atoms with Gasteiger partial charge >= 0.3 is 0 Å². The van der Waals surface area contributed by atoms with Gasteiger partial charge < -0.3 is 5.73 Å². The van der Waals surface area contributed by atoms with E-state index in [1.165, 1.54) is 0 Å². The van der Waals surface area contributed by atoms with Gasteiger partial charge in [-0.15, -0.1) is 11.3 Å². The van der Waals surface area contributed by atoms with Crippen molar-refractivity contribution in [1.29, 1.82) is 0 Å². The molecule has 0 saturated carbocycles. The van der Waals surface area contributed by atoms with E-state index >= 15 is 0 Å². The van der Waals surface area contributed by atoms with Gasteiger partial charge in [-0.2, -0.15) is 0 Å². The topological polar surface area (TPSA) is 98.0 Å². The molecule has 6 nitrogen and oxygen atoms in total. The quantitative estimate of drug-likeness (QED) is 0.866. The number of aromatic nitrogens is 2. The van der Waals surface area contributed by atoms with Crippen molar-refractivity contribution in [2.75, 3.05) is 12.3 Å². The highest BCUT2D eigenvalue weighted by atomic mass is 32.2. The van der Waals surface area contributed by atoms with Crippen molar-refractivity contribution < 1.29 is 8.42 Å². The third-order valence-corrected chi connectivity index (χ3v) is 6.23. The second kappa shape index (κ2) is 5.53. The van der Waals surface area contributed by atoms with Crippen molar-refractivity contribution in [2.24, 2.45) is 0 Å². The first-order valence-corrected chi connectivity index (χ1v) is 8.70. The van der Waals surface area contributed by atoms with Gasteiger partial charge in [0, 0.05) is 18.3 Å². The molecule has 104 valence electrons. The Morgan fingerprint density at radius 1 is 1.37 bits per heavy atom. The zero-order valence-electron chi connectivity index (χ0n) is 10.5. The lowest BCUT2D eigenvalue weighted by molar-refractivity contribution is 0.582. The molecule has 9 heteroatoms. The van der Waals surface area contributed by atoms with Crippen molar-refractivity contribution in [3.63, 3.8) is 0 Å². The van der Waals surface area contributed by atoms with Gasteiger partial charge in [0.2, 0.25) is 0 Å². The minimum Gasteiger partial charge on any atom is -0.375 e. The van der Waals surface area contributed by atoms with Crippen LogP contribution in [0.25, 0.3) is 0 Å². The molecule has 0 saturated heterocycles. The Morgan fingerprint density at radius 2 is 2.11 bits per heavy atom. The summed E-state index contributed by atoms with van der Waals surface area (Å²) in [7, 11) is -3.53. The summed E-state index contributed by atoms with van der Waals surface area (Å²) in [5.41, 5.74) is 6.83. The molecule has 0 bridgehead atoms. The fourth-order valence-electron chi connectivity index (χ4n) is 1.55. The van der Waals surface area contributed by atoms with E-state index < -0.39 is 10.0 Å². The third-order valence-electron chi connectivity index (χ3n) is 2.35. The van der Waals surface area contributed by atoms with Crippen LogP contribution in [0.1, 0.15) is 16.4 Å². The smallest absolute Gasteiger partial charge is 0.252 e. The summed E-state index contributed by atoms with van der Waals surface area (Å²) in [6, 6.07) is 0. The lowest BCUT2D eigenvalue weighted by Crippen LogP contribution is -2.25. The van der Waals surface area contributed by atoms with E-state index in [1.54, 1.807) is 18.3 Å². The van der Waals surface area contributed by atoms with E-state index in [4.69, 9.17) is 5.73 Å². The molecular formula is C10H14N4O2S3. The average molecular weight is 318 g/mol. The Morgan fingerprint density at radius 3 is 2.63 bits per heavy atom. The lowest BCUT2D eigenvalue weighted by Gasteiger charge is -2.03. The van der Waals surface area contributed by atoms with Crippen LogP contribution in [-0.2, 0) is 16.4 Å². The maximum Gasteiger partial charge on any atom is 0.252 e. The maximum atomic E-state index is 12.0. The van der Waals surface area contributed by atoms with Gasteiger partial charge in [0.1, 0.15) is 0 Å². The van der Waals surface area contributed by atoms with E-state index in [9.17, 15) is 8.42 Å². The number of aryl methyl sites for hydroxylation is 2. The molecule has 0 aliphatic rings. The number of nitrogens with two attached hydrogens (primary N) is 1. The number of hydrogen-bond donors (Lipinski definition) is 2. The zero-order chi connectivity index (χ0) is 14.0. The molecule has 0 spiro atoms. The maximum absolute atomic E-state index is 12.0. The van der Waals surface area contributed by atoms with Crippen molar-refractivity contribution in [3.8, 4) is 0 Å². The number of thiazole rings is 2. The Hall–Kier alpha value is -1.03. The molecule has 2 heterocycles. The molecule has 0 aliphatic heterocycles. The summed E-state index contributed by atoms with van der Waals surface area (Å²) < 4.78 is 26.8. The standard InChI is InChI=1S/C10H14N4O2S3/c1-6-9(18-10(11)13-6)19(15,16)12-4-3-8-5-17-7(2)14-8/h5,12H,3-4H2,1-2H3,(H2,11,13). The molecule has 0 atom stereocenters. The highest BCUT2D eigenvalue weighted by molar-refractivity contribution is 7.91. The molecule has 0 aromatic carbocycles. The molecule has 0 unspecified atom stereocenters. The first kappa shape index (κ1) is 14.4. The van der Waals surface area contributed by atoms with Crippen molar-refractivity contribution in [1.82, 2.24) is 14.7 Å². The zero-order valence-corrected chi connectivity index (χ0v) is 13.0. The predicted octanol–water partition coefficient (Wildman–Crippen LogP) is 1.32. The van der Waals surface area contributed by atoms with Crippen LogP contribution < -0.4 is 10.5 Å². The van der Waals surface area contributed by atoms with Gasteiger partial charge in [-0.05, 0) is 13.8 Å². The molecule has 0 aliphatic carbocycles. The largest absolute Gasteiger partial charge is 0.375 e. The Balaban J connectivity index is 2.00. The Kier molecular flexibility index (Phi) is 4.19. The Bertz CT molecular complexity index is 675. The number of nitrogens with one attached hydrogen (secondary N) is 1. The van der Waals surface area contributed by atoms with Gasteiger partial charge in [0.05, 0.1) is 16.4 Å². The van der Waals surface area contributed by atoms with Gasteiger partial charge in [-0.1, -0.05) is 11.3 Å². The molecule has 0 fully saturated rings. The van der Waals surface area contributed by atoms with Gasteiger partial charge in [0.25, 0.3) is 10.0 Å². The summed E-state index contributed by atoms with van der Waals surface area (Å²) in [6.07, 6.45) is 0.566. The summed E-state index contributed by atoms with van der Waals surface area (Å²) >= 11 is 2.53. The van der Waals surface area contributed by atoms with Crippen molar-refractivity contribution >= 4 is 37.8 Å². The van der Waals surface area contributed by atoms with Crippen LogP contribution in [0.15, 0.2) is 9.59 Å². The number of rotatable bonds is 5. The summed E-state index contributed by atoms with van der Waals surface area (Å²) in [4.78, 5) is 8.19. The van der Waals surface area contributed by atoms with E-state index in [0.717, 1.165) is 22.0 Å². The number of sulfonamides is 1. The fourth-order valence-corrected chi connectivity index (χ4v) is 4.58. The number of hydrogen-bond acceptors (Lipinski definition) is 7. The summed E-state index contributed by atoms with van der Waals surface area (Å²) in [5, 5.41) is 3.16. The number of nitrogen functional groups attached to an aromatic ring is 1. The number of anilines is 1. The van der Waals surface area contributed by atoms with Crippen LogP contribution in [-0.4, -0.2) is 24.9 Å². The second-order valence-electron chi connectivity index (χ2n) is 3.93.